The van der Waals surface area contributed by atoms with E-state index in [1.807, 2.05) is 95.3 Å². The highest BCUT2D eigenvalue weighted by molar-refractivity contribution is 6.36. The largest absolute Gasteiger partial charge is 0.491 e. The fourth-order valence-electron chi connectivity index (χ4n) is 5.04. The Morgan fingerprint density at radius 2 is 1.19 bits per heavy atom. The van der Waals surface area contributed by atoms with Crippen LogP contribution in [0.5, 0.6) is 5.75 Å². The molecule has 0 bridgehead atoms. The molecular weight excluding hydrogens is 708 g/mol. The lowest BCUT2D eigenvalue weighted by Gasteiger charge is -2.19. The molecule has 288 valence electrons. The molecule has 0 aliphatic heterocycles. The number of amides is 2. The number of hydrogen-bond donors (Lipinski definition) is 3. The summed E-state index contributed by atoms with van der Waals surface area (Å²) in [6, 6.07) is 19.6. The van der Waals surface area contributed by atoms with Crippen LogP contribution in [0.4, 0.5) is 9.59 Å². The number of fused-ring (bicyclic) bond motifs is 6. The number of benzene rings is 2. The van der Waals surface area contributed by atoms with Crippen LogP contribution in [0.25, 0.3) is 43.6 Å². The molecule has 12 nitrogen and oxygen atoms in total. The van der Waals surface area contributed by atoms with Crippen LogP contribution in [0, 0.1) is 13.8 Å². The lowest BCUT2D eigenvalue weighted by atomic mass is 10.1. The summed E-state index contributed by atoms with van der Waals surface area (Å²) in [5.74, 6) is 0.728. The average molecular weight is 759 g/mol. The molecule has 2 amide bonds. The molecule has 0 spiro atoms. The molecule has 0 aliphatic carbocycles. The maximum atomic E-state index is 11.7. The maximum Gasteiger partial charge on any atom is 0.407 e. The summed E-state index contributed by atoms with van der Waals surface area (Å²) in [5.41, 5.74) is 4.23. The van der Waals surface area contributed by atoms with Crippen molar-refractivity contribution in [2.75, 3.05) is 26.3 Å². The van der Waals surface area contributed by atoms with E-state index in [2.05, 4.69) is 30.6 Å². The van der Waals surface area contributed by atoms with E-state index < -0.39 is 23.4 Å². The van der Waals surface area contributed by atoms with Gasteiger partial charge in [-0.2, -0.15) is 0 Å². The molecule has 6 rings (SSSR count). The highest BCUT2D eigenvalue weighted by Crippen LogP contribution is 2.30. The van der Waals surface area contributed by atoms with Gasteiger partial charge < -0.3 is 30.0 Å². The second-order valence-electron chi connectivity index (χ2n) is 14.0. The quantitative estimate of drug-likeness (QED) is 0.111. The molecule has 0 saturated carbocycles. The number of nitrogens with zero attached hydrogens (tertiary/aromatic N) is 4. The number of halogens is 1. The molecule has 0 fully saturated rings. The van der Waals surface area contributed by atoms with Crippen LogP contribution < -0.4 is 15.4 Å². The Balaban J connectivity index is 0.000000239. The van der Waals surface area contributed by atoms with Gasteiger partial charge >= 0.3 is 12.2 Å². The molecule has 6 aromatic rings. The van der Waals surface area contributed by atoms with Crippen molar-refractivity contribution in [3.8, 4) is 5.75 Å². The normalized spacial score (nSPS) is 11.1. The van der Waals surface area contributed by atoms with Crippen LogP contribution >= 0.6 is 11.6 Å². The zero-order valence-electron chi connectivity index (χ0n) is 31.4. The zero-order valence-corrected chi connectivity index (χ0v) is 32.2. The van der Waals surface area contributed by atoms with Gasteiger partial charge in [-0.25, -0.2) is 9.59 Å². The van der Waals surface area contributed by atoms with Crippen molar-refractivity contribution in [1.29, 1.82) is 0 Å². The number of hydrogen-bond acceptors (Lipinski definition) is 10. The molecule has 0 aliphatic rings. The van der Waals surface area contributed by atoms with Gasteiger partial charge in [-0.05, 0) is 79.7 Å². The van der Waals surface area contributed by atoms with Crippen molar-refractivity contribution in [3.63, 3.8) is 0 Å². The number of aryl methyl sites for hydroxylation is 2. The number of carbonyl (C=O) groups is 2. The van der Waals surface area contributed by atoms with E-state index in [0.717, 1.165) is 65.8 Å². The molecule has 13 heteroatoms. The topological polar surface area (TPSA) is 158 Å². The van der Waals surface area contributed by atoms with E-state index in [0.29, 0.717) is 13.2 Å². The van der Waals surface area contributed by atoms with Gasteiger partial charge in [-0.3, -0.25) is 19.9 Å². The second-order valence-corrected chi connectivity index (χ2v) is 14.4. The first-order valence-electron chi connectivity index (χ1n) is 17.2. The smallest absolute Gasteiger partial charge is 0.407 e. The van der Waals surface area contributed by atoms with E-state index in [-0.39, 0.29) is 20.6 Å². The molecule has 3 N–H and O–H groups in total. The summed E-state index contributed by atoms with van der Waals surface area (Å²) in [4.78, 5) is 40.4. The monoisotopic (exact) mass is 758 g/mol. The molecule has 2 aromatic carbocycles. The first-order valence-corrected chi connectivity index (χ1v) is 17.6. The van der Waals surface area contributed by atoms with Crippen molar-refractivity contribution in [3.05, 3.63) is 89.5 Å². The van der Waals surface area contributed by atoms with Crippen LogP contribution in [0.2, 0.25) is 5.02 Å². The highest BCUT2D eigenvalue weighted by atomic mass is 35.5. The molecule has 4 aromatic heterocycles. The van der Waals surface area contributed by atoms with Crippen molar-refractivity contribution >= 4 is 67.4 Å². The number of alkyl carbamates (subject to hydrolysis) is 2. The van der Waals surface area contributed by atoms with E-state index in [4.69, 9.17) is 30.9 Å². The summed E-state index contributed by atoms with van der Waals surface area (Å²) in [7, 11) is 0. The molecule has 0 radical (unpaired) electrons. The summed E-state index contributed by atoms with van der Waals surface area (Å²) in [6.45, 7) is 15.5. The van der Waals surface area contributed by atoms with E-state index in [1.54, 1.807) is 33.2 Å². The van der Waals surface area contributed by atoms with Gasteiger partial charge in [0.2, 0.25) is 0 Å². The maximum absolute atomic E-state index is 11.7. The lowest BCUT2D eigenvalue weighted by Crippen LogP contribution is -2.34. The van der Waals surface area contributed by atoms with Crippen LogP contribution in [-0.2, 0) is 9.47 Å². The van der Waals surface area contributed by atoms with Gasteiger partial charge in [0.1, 0.15) is 29.1 Å². The number of ether oxygens (including phenoxy) is 3. The standard InChI is InChI=1S/C20H23N3O3.C13H9ClN2.C7H15NO3.CH4/c1-13-12-16(25-11-10-22-19(24)26-20(2,3)4)15-8-7-14-6-5-9-21-17(14)18(15)23-13;1-8-7-11(14)10-5-4-9-3-2-6-15-12(9)13(10)16-8;1-7(2,3)11-6(10)8-4-5-9;/h5-9,12H,10-11H2,1-4H3,(H,22,24);2-7H,1H3;9H,4-5H2,1-3H3,(H,8,10);1H4. The van der Waals surface area contributed by atoms with Crippen LogP contribution in [-0.4, -0.2) is 74.7 Å². The Labute approximate surface area is 321 Å². The lowest BCUT2D eigenvalue weighted by molar-refractivity contribution is 0.0508. The summed E-state index contributed by atoms with van der Waals surface area (Å²) in [6.07, 6.45) is 2.59. The van der Waals surface area contributed by atoms with Gasteiger partial charge in [0.15, 0.2) is 0 Å². The molecule has 54 heavy (non-hydrogen) atoms. The first kappa shape index (κ1) is 43.1. The van der Waals surface area contributed by atoms with E-state index in [9.17, 15) is 9.59 Å². The minimum absolute atomic E-state index is 0. The number of aliphatic hydroxyl groups is 1. The van der Waals surface area contributed by atoms with Crippen LogP contribution in [0.3, 0.4) is 0 Å². The minimum Gasteiger partial charge on any atom is -0.491 e. The van der Waals surface area contributed by atoms with Gasteiger partial charge in [0.25, 0.3) is 0 Å². The summed E-state index contributed by atoms with van der Waals surface area (Å²) < 4.78 is 16.0. The predicted molar refractivity (Wildman–Crippen MR) is 216 cm³/mol. The Hall–Kier alpha value is -5.33. The Morgan fingerprint density at radius 1 is 0.704 bits per heavy atom. The van der Waals surface area contributed by atoms with E-state index >= 15 is 0 Å². The fraction of sp³-hybridized carbons (Fsp3) is 0.366. The van der Waals surface area contributed by atoms with Gasteiger partial charge in [0, 0.05) is 57.9 Å². The molecule has 0 unspecified atom stereocenters. The summed E-state index contributed by atoms with van der Waals surface area (Å²) >= 11 is 6.19. The third-order valence-electron chi connectivity index (χ3n) is 7.08. The van der Waals surface area contributed by atoms with Gasteiger partial charge in [-0.15, -0.1) is 0 Å². The third-order valence-corrected chi connectivity index (χ3v) is 7.39. The number of rotatable bonds is 6. The Kier molecular flexibility index (Phi) is 15.3. The van der Waals surface area contributed by atoms with Gasteiger partial charge in [0.05, 0.1) is 34.7 Å². The number of nitrogens with one attached hydrogen (secondary N) is 2. The van der Waals surface area contributed by atoms with Gasteiger partial charge in [-0.1, -0.05) is 49.4 Å². The zero-order chi connectivity index (χ0) is 38.8. The SMILES string of the molecule is C.CC(C)(C)OC(=O)NCCO.Cc1cc(Cl)c2ccc3cccnc3c2n1.Cc1cc(OCCNC(=O)OC(C)(C)C)c2ccc3cccnc3c2n1. The fourth-order valence-corrected chi connectivity index (χ4v) is 5.35. The van der Waals surface area contributed by atoms with Crippen molar-refractivity contribution in [1.82, 2.24) is 30.6 Å². The number of carbonyl (C=O) groups excluding carboxylic acids is 2. The van der Waals surface area contributed by atoms with Crippen LogP contribution in [0.15, 0.2) is 73.1 Å². The van der Waals surface area contributed by atoms with Crippen molar-refractivity contribution in [2.45, 2.75) is 74.0 Å². The molecular formula is C41H51ClN6O6. The average Bonchev–Trinajstić information content (AvgIpc) is 3.08. The minimum atomic E-state index is -0.516. The Bertz CT molecular complexity index is 2200. The van der Waals surface area contributed by atoms with Crippen molar-refractivity contribution in [2.24, 2.45) is 0 Å². The number of pyridine rings is 4. The number of aliphatic hydroxyl groups excluding tert-OH is 1. The summed E-state index contributed by atoms with van der Waals surface area (Å²) in [5, 5.41) is 18.1. The van der Waals surface area contributed by atoms with Crippen molar-refractivity contribution < 1.29 is 28.9 Å². The first-order chi connectivity index (χ1) is 25.0. The Morgan fingerprint density at radius 3 is 1.70 bits per heavy atom. The number of aromatic nitrogens is 4. The van der Waals surface area contributed by atoms with Crippen LogP contribution in [0.1, 0.15) is 60.4 Å². The molecule has 0 saturated heterocycles. The molecule has 0 atom stereocenters. The van der Waals surface area contributed by atoms with E-state index in [1.165, 1.54) is 0 Å². The third kappa shape index (κ3) is 12.7. The second kappa shape index (κ2) is 19.1. The molecule has 4 heterocycles. The predicted octanol–water partition coefficient (Wildman–Crippen LogP) is 8.88. The highest BCUT2D eigenvalue weighted by Gasteiger charge is 2.16.